The second-order valence-corrected chi connectivity index (χ2v) is 5.99. The van der Waals surface area contributed by atoms with Gasteiger partial charge in [-0.05, 0) is 30.3 Å². The monoisotopic (exact) mass is 392 g/mol. The van der Waals surface area contributed by atoms with E-state index in [0.717, 1.165) is 0 Å². The molecule has 0 radical (unpaired) electrons. The van der Waals surface area contributed by atoms with Gasteiger partial charge in [0.05, 0.1) is 30.6 Å². The van der Waals surface area contributed by atoms with Gasteiger partial charge in [-0.15, -0.1) is 0 Å². The van der Waals surface area contributed by atoms with E-state index in [1.807, 2.05) is 0 Å². The molecule has 7 nitrogen and oxygen atoms in total. The maximum absolute atomic E-state index is 12.7. The third kappa shape index (κ3) is 3.58. The number of nitrogens with one attached hydrogen (secondary N) is 1. The first-order chi connectivity index (χ1) is 12.5. The highest BCUT2D eigenvalue weighted by atomic mass is 35.5. The minimum absolute atomic E-state index is 0.264. The van der Waals surface area contributed by atoms with Crippen molar-refractivity contribution in [1.29, 1.82) is 0 Å². The maximum Gasteiger partial charge on any atom is 0.255 e. The van der Waals surface area contributed by atoms with Crippen molar-refractivity contribution in [3.05, 3.63) is 58.6 Å². The van der Waals surface area contributed by atoms with Crippen molar-refractivity contribution >= 4 is 34.8 Å². The van der Waals surface area contributed by atoms with Crippen LogP contribution in [0.15, 0.2) is 43.0 Å². The van der Waals surface area contributed by atoms with E-state index in [9.17, 15) is 4.79 Å². The lowest BCUT2D eigenvalue weighted by molar-refractivity contribution is 0.102. The zero-order chi connectivity index (χ0) is 18.7. The molecular weight excluding hydrogens is 379 g/mol. The highest BCUT2D eigenvalue weighted by Gasteiger charge is 2.17. The van der Waals surface area contributed by atoms with E-state index in [-0.39, 0.29) is 5.02 Å². The molecule has 3 aromatic rings. The minimum atomic E-state index is -0.392. The molecule has 0 fully saturated rings. The molecule has 1 amide bonds. The molecule has 0 unspecified atom stereocenters. The molecular formula is C17H14Cl2N4O3. The quantitative estimate of drug-likeness (QED) is 0.713. The number of anilines is 1. The predicted molar refractivity (Wildman–Crippen MR) is 98.9 cm³/mol. The highest BCUT2D eigenvalue weighted by molar-refractivity contribution is 6.33. The second-order valence-electron chi connectivity index (χ2n) is 5.15. The van der Waals surface area contributed by atoms with Crippen LogP contribution in [-0.2, 0) is 0 Å². The molecule has 1 N–H and O–H groups in total. The number of carbonyl (C=O) groups excluding carboxylic acids is 1. The molecule has 0 atom stereocenters. The summed E-state index contributed by atoms with van der Waals surface area (Å²) in [5.74, 6) is 0.320. The van der Waals surface area contributed by atoms with Crippen LogP contribution in [0.1, 0.15) is 10.4 Å². The first-order valence-corrected chi connectivity index (χ1v) is 8.16. The first-order valence-electron chi connectivity index (χ1n) is 7.41. The Morgan fingerprint density at radius 2 is 1.96 bits per heavy atom. The summed E-state index contributed by atoms with van der Waals surface area (Å²) in [5.41, 5.74) is 1.39. The molecule has 0 aliphatic heterocycles. The molecule has 0 bridgehead atoms. The van der Waals surface area contributed by atoms with Gasteiger partial charge in [-0.2, -0.15) is 5.10 Å². The summed E-state index contributed by atoms with van der Waals surface area (Å²) in [6.45, 7) is 0. The fourth-order valence-corrected chi connectivity index (χ4v) is 2.84. The Morgan fingerprint density at radius 1 is 1.15 bits per heavy atom. The van der Waals surface area contributed by atoms with Crippen LogP contribution in [0.3, 0.4) is 0 Å². The predicted octanol–water partition coefficient (Wildman–Crippen LogP) is 3.84. The van der Waals surface area contributed by atoms with Crippen LogP contribution < -0.4 is 14.8 Å². The largest absolute Gasteiger partial charge is 0.493 e. The molecule has 26 heavy (non-hydrogen) atoms. The number of amides is 1. The third-order valence-electron chi connectivity index (χ3n) is 3.57. The van der Waals surface area contributed by atoms with Crippen LogP contribution in [0, 0.1) is 0 Å². The summed E-state index contributed by atoms with van der Waals surface area (Å²) < 4.78 is 11.9. The SMILES string of the molecule is COc1cc(C(=O)Nc2cc(Cl)ccc2-n2cncn2)cc(Cl)c1OC. The van der Waals surface area contributed by atoms with Crippen molar-refractivity contribution in [3.63, 3.8) is 0 Å². The van der Waals surface area contributed by atoms with Gasteiger partial charge in [-0.3, -0.25) is 4.79 Å². The lowest BCUT2D eigenvalue weighted by atomic mass is 10.1. The molecule has 0 aliphatic rings. The van der Waals surface area contributed by atoms with E-state index in [1.165, 1.54) is 37.6 Å². The lowest BCUT2D eigenvalue weighted by Crippen LogP contribution is -2.14. The molecule has 0 saturated heterocycles. The van der Waals surface area contributed by atoms with Gasteiger partial charge in [0.2, 0.25) is 0 Å². The molecule has 9 heteroatoms. The van der Waals surface area contributed by atoms with Gasteiger partial charge in [0, 0.05) is 10.6 Å². The van der Waals surface area contributed by atoms with Gasteiger partial charge in [-0.25, -0.2) is 9.67 Å². The molecule has 1 aromatic heterocycles. The summed E-state index contributed by atoms with van der Waals surface area (Å²) in [6.07, 6.45) is 2.92. The van der Waals surface area contributed by atoms with Gasteiger partial charge in [0.1, 0.15) is 12.7 Å². The molecule has 0 aliphatic carbocycles. The number of ether oxygens (including phenoxy) is 2. The average Bonchev–Trinajstić information content (AvgIpc) is 3.15. The van der Waals surface area contributed by atoms with Crippen molar-refractivity contribution in [3.8, 4) is 17.2 Å². The van der Waals surface area contributed by atoms with Crippen LogP contribution in [-0.4, -0.2) is 34.9 Å². The summed E-state index contributed by atoms with van der Waals surface area (Å²) in [7, 11) is 2.94. The van der Waals surface area contributed by atoms with Gasteiger partial charge in [0.15, 0.2) is 11.5 Å². The Hall–Kier alpha value is -2.77. The maximum atomic E-state index is 12.7. The number of rotatable bonds is 5. The van der Waals surface area contributed by atoms with E-state index in [2.05, 4.69) is 15.4 Å². The summed E-state index contributed by atoms with van der Waals surface area (Å²) in [5, 5.41) is 7.61. The van der Waals surface area contributed by atoms with Crippen molar-refractivity contribution in [2.45, 2.75) is 0 Å². The zero-order valence-corrected chi connectivity index (χ0v) is 15.4. The summed E-state index contributed by atoms with van der Waals surface area (Å²) in [6, 6.07) is 8.09. The van der Waals surface area contributed by atoms with Crippen molar-refractivity contribution < 1.29 is 14.3 Å². The Kier molecular flexibility index (Phi) is 5.29. The van der Waals surface area contributed by atoms with Crippen molar-refractivity contribution in [2.24, 2.45) is 0 Å². The number of hydrogen-bond donors (Lipinski definition) is 1. The van der Waals surface area contributed by atoms with Crippen LogP contribution in [0.2, 0.25) is 10.0 Å². The van der Waals surface area contributed by atoms with Gasteiger partial charge < -0.3 is 14.8 Å². The van der Waals surface area contributed by atoms with E-state index in [4.69, 9.17) is 32.7 Å². The fraction of sp³-hybridized carbons (Fsp3) is 0.118. The Morgan fingerprint density at radius 3 is 2.62 bits per heavy atom. The number of hydrogen-bond acceptors (Lipinski definition) is 5. The van der Waals surface area contributed by atoms with Crippen molar-refractivity contribution in [1.82, 2.24) is 14.8 Å². The van der Waals surface area contributed by atoms with Gasteiger partial charge in [-0.1, -0.05) is 23.2 Å². The van der Waals surface area contributed by atoms with E-state index < -0.39 is 5.91 Å². The van der Waals surface area contributed by atoms with E-state index >= 15 is 0 Å². The molecule has 2 aromatic carbocycles. The number of carbonyl (C=O) groups is 1. The Labute approximate surface area is 159 Å². The highest BCUT2D eigenvalue weighted by Crippen LogP contribution is 2.36. The number of benzene rings is 2. The Balaban J connectivity index is 1.96. The number of nitrogens with zero attached hydrogens (tertiary/aromatic N) is 3. The topological polar surface area (TPSA) is 78.3 Å². The smallest absolute Gasteiger partial charge is 0.255 e. The lowest BCUT2D eigenvalue weighted by Gasteiger charge is -2.14. The third-order valence-corrected chi connectivity index (χ3v) is 4.08. The molecule has 0 saturated carbocycles. The fourth-order valence-electron chi connectivity index (χ4n) is 2.38. The summed E-state index contributed by atoms with van der Waals surface area (Å²) >= 11 is 12.2. The van der Waals surface area contributed by atoms with Gasteiger partial charge >= 0.3 is 0 Å². The van der Waals surface area contributed by atoms with Crippen molar-refractivity contribution in [2.75, 3.05) is 19.5 Å². The number of halogens is 2. The summed E-state index contributed by atoms with van der Waals surface area (Å²) in [4.78, 5) is 16.6. The molecule has 134 valence electrons. The van der Waals surface area contributed by atoms with E-state index in [0.29, 0.717) is 33.5 Å². The zero-order valence-electron chi connectivity index (χ0n) is 13.9. The first kappa shape index (κ1) is 18.0. The van der Waals surface area contributed by atoms with Crippen LogP contribution in [0.5, 0.6) is 11.5 Å². The van der Waals surface area contributed by atoms with Gasteiger partial charge in [0.25, 0.3) is 5.91 Å². The Bertz CT molecular complexity index is 945. The standard InChI is InChI=1S/C17H14Cl2N4O3/c1-25-15-6-10(5-12(19)16(15)26-2)17(24)22-13-7-11(18)3-4-14(13)23-9-20-8-21-23/h3-9H,1-2H3,(H,22,24). The number of methoxy groups -OCH3 is 2. The minimum Gasteiger partial charge on any atom is -0.493 e. The molecule has 3 rings (SSSR count). The second kappa shape index (κ2) is 7.63. The van der Waals surface area contributed by atoms with E-state index in [1.54, 1.807) is 24.3 Å². The molecule has 0 spiro atoms. The number of aromatic nitrogens is 3. The van der Waals surface area contributed by atoms with Crippen LogP contribution in [0.4, 0.5) is 5.69 Å². The average molecular weight is 393 g/mol. The van der Waals surface area contributed by atoms with Crippen LogP contribution >= 0.6 is 23.2 Å². The van der Waals surface area contributed by atoms with Crippen LogP contribution in [0.25, 0.3) is 5.69 Å². The normalized spacial score (nSPS) is 10.5. The molecule has 1 heterocycles.